The zero-order chi connectivity index (χ0) is 23.1. The fourth-order valence-electron chi connectivity index (χ4n) is 3.64. The quantitative estimate of drug-likeness (QED) is 0.463. The molecule has 0 aromatic heterocycles. The summed E-state index contributed by atoms with van der Waals surface area (Å²) in [5.74, 6) is -1.40. The van der Waals surface area contributed by atoms with E-state index in [-0.39, 0.29) is 11.5 Å². The van der Waals surface area contributed by atoms with E-state index in [0.717, 1.165) is 10.0 Å². The van der Waals surface area contributed by atoms with E-state index in [1.807, 2.05) is 6.92 Å². The summed E-state index contributed by atoms with van der Waals surface area (Å²) in [5, 5.41) is 0.469. The van der Waals surface area contributed by atoms with Crippen LogP contribution in [0.25, 0.3) is 0 Å². The van der Waals surface area contributed by atoms with Crippen LogP contribution in [0.5, 0.6) is 0 Å². The lowest BCUT2D eigenvalue weighted by atomic mass is 10.0. The van der Waals surface area contributed by atoms with Gasteiger partial charge in [-0.05, 0) is 49.6 Å². The van der Waals surface area contributed by atoms with E-state index in [0.29, 0.717) is 23.4 Å². The molecular formula is C22H22ClNO7S. The minimum absolute atomic E-state index is 0.0438. The van der Waals surface area contributed by atoms with Gasteiger partial charge in [0, 0.05) is 5.02 Å². The number of esters is 2. The van der Waals surface area contributed by atoms with E-state index in [1.54, 1.807) is 36.4 Å². The molecule has 2 aromatic rings. The van der Waals surface area contributed by atoms with Crippen molar-refractivity contribution in [2.24, 2.45) is 5.41 Å². The van der Waals surface area contributed by atoms with Gasteiger partial charge in [0.15, 0.2) is 11.5 Å². The Labute approximate surface area is 191 Å². The largest absolute Gasteiger partial charge is 0.468 e. The lowest BCUT2D eigenvalue weighted by molar-refractivity contribution is -0.166. The molecule has 1 heterocycles. The fourth-order valence-corrected chi connectivity index (χ4v) is 5.21. The second kappa shape index (κ2) is 8.47. The minimum atomic E-state index is -4.08. The number of carbonyl (C=O) groups excluding carboxylic acids is 2. The van der Waals surface area contributed by atoms with Crippen molar-refractivity contribution in [3.05, 3.63) is 64.7 Å². The smallest absolute Gasteiger partial charge is 0.323 e. The molecular weight excluding hydrogens is 458 g/mol. The van der Waals surface area contributed by atoms with Gasteiger partial charge >= 0.3 is 11.9 Å². The summed E-state index contributed by atoms with van der Waals surface area (Å²) >= 11 is 6.00. The molecule has 2 aliphatic rings. The molecule has 0 amide bonds. The monoisotopic (exact) mass is 479 g/mol. The summed E-state index contributed by atoms with van der Waals surface area (Å²) in [4.78, 5) is 30.5. The van der Waals surface area contributed by atoms with Crippen molar-refractivity contribution in [3.63, 3.8) is 0 Å². The van der Waals surface area contributed by atoms with Crippen molar-refractivity contribution in [2.45, 2.75) is 36.8 Å². The fraction of sp³-hybridized carbons (Fsp3) is 0.364. The average molecular weight is 480 g/mol. The number of nitrogens with zero attached hydrogens (tertiary/aromatic N) is 1. The predicted molar refractivity (Wildman–Crippen MR) is 114 cm³/mol. The number of hydroxylamine groups is 1. The van der Waals surface area contributed by atoms with Gasteiger partial charge in [-0.25, -0.2) is 8.42 Å². The second-order valence-corrected chi connectivity index (χ2v) is 10.1. The summed E-state index contributed by atoms with van der Waals surface area (Å²) in [6.07, 6.45) is -0.322. The van der Waals surface area contributed by atoms with Crippen LogP contribution in [0.2, 0.25) is 5.02 Å². The molecule has 1 saturated heterocycles. The molecule has 10 heteroatoms. The molecule has 0 spiro atoms. The van der Waals surface area contributed by atoms with Gasteiger partial charge in [0.05, 0.1) is 12.0 Å². The Morgan fingerprint density at radius 3 is 2.25 bits per heavy atom. The number of hydrogen-bond acceptors (Lipinski definition) is 7. The van der Waals surface area contributed by atoms with Gasteiger partial charge in [-0.3, -0.25) is 14.4 Å². The van der Waals surface area contributed by atoms with Gasteiger partial charge in [-0.15, -0.1) is 0 Å². The van der Waals surface area contributed by atoms with Crippen LogP contribution in [-0.4, -0.2) is 44.6 Å². The summed E-state index contributed by atoms with van der Waals surface area (Å²) < 4.78 is 37.9. The van der Waals surface area contributed by atoms with Gasteiger partial charge in [0.25, 0.3) is 10.0 Å². The molecule has 1 aliphatic carbocycles. The SMILES string of the molecule is COC(=O)C1(C(=O)O[C@H]2CON(S(=O)(=O)c3ccc(C)cc3)[C@@H]2c2ccc(Cl)cc2)CC1. The molecule has 2 atom stereocenters. The first-order chi connectivity index (χ1) is 15.2. The van der Waals surface area contributed by atoms with Gasteiger partial charge < -0.3 is 9.47 Å². The van der Waals surface area contributed by atoms with Crippen molar-refractivity contribution in [1.29, 1.82) is 0 Å². The molecule has 2 fully saturated rings. The van der Waals surface area contributed by atoms with E-state index in [4.69, 9.17) is 25.9 Å². The summed E-state index contributed by atoms with van der Waals surface area (Å²) in [7, 11) is -2.87. The van der Waals surface area contributed by atoms with Crippen molar-refractivity contribution in [1.82, 2.24) is 4.47 Å². The van der Waals surface area contributed by atoms with Crippen LogP contribution >= 0.6 is 11.6 Å². The Hall–Kier alpha value is -2.46. The lowest BCUT2D eigenvalue weighted by Gasteiger charge is -2.26. The molecule has 170 valence electrons. The molecule has 0 radical (unpaired) electrons. The maximum atomic E-state index is 13.4. The van der Waals surface area contributed by atoms with E-state index in [9.17, 15) is 18.0 Å². The highest BCUT2D eigenvalue weighted by Gasteiger charge is 2.60. The highest BCUT2D eigenvalue weighted by Crippen LogP contribution is 2.49. The second-order valence-electron chi connectivity index (χ2n) is 7.88. The number of rotatable bonds is 6. The molecule has 8 nitrogen and oxygen atoms in total. The molecule has 1 aliphatic heterocycles. The molecule has 0 bridgehead atoms. The Morgan fingerprint density at radius 2 is 1.69 bits per heavy atom. The Bertz CT molecular complexity index is 1130. The normalized spacial score (nSPS) is 22.3. The third-order valence-electron chi connectivity index (χ3n) is 5.69. The highest BCUT2D eigenvalue weighted by atomic mass is 35.5. The third-order valence-corrected chi connectivity index (χ3v) is 7.61. The highest BCUT2D eigenvalue weighted by molar-refractivity contribution is 7.89. The standard InChI is InChI=1S/C22H22ClNO7S/c1-14-3-9-17(10-4-14)32(27,28)24-19(15-5-7-16(23)8-6-15)18(13-30-24)31-21(26)22(11-12-22)20(25)29-2/h3-10,18-19H,11-13H2,1-2H3/t18-,19+/m0/s1. The van der Waals surface area contributed by atoms with Crippen LogP contribution < -0.4 is 0 Å². The van der Waals surface area contributed by atoms with Crippen molar-refractivity contribution in [3.8, 4) is 0 Å². The number of benzene rings is 2. The summed E-state index contributed by atoms with van der Waals surface area (Å²) in [6, 6.07) is 11.9. The molecule has 1 saturated carbocycles. The Balaban J connectivity index is 1.67. The number of ether oxygens (including phenoxy) is 2. The first kappa shape index (κ1) is 22.7. The van der Waals surface area contributed by atoms with E-state index < -0.39 is 39.5 Å². The number of hydrogen-bond donors (Lipinski definition) is 0. The number of methoxy groups -OCH3 is 1. The van der Waals surface area contributed by atoms with Crippen LogP contribution in [0, 0.1) is 12.3 Å². The first-order valence-electron chi connectivity index (χ1n) is 9.98. The van der Waals surface area contributed by atoms with E-state index in [1.165, 1.54) is 19.2 Å². The third kappa shape index (κ3) is 4.01. The zero-order valence-electron chi connectivity index (χ0n) is 17.5. The number of sulfonamides is 1. The topological polar surface area (TPSA) is 99.2 Å². The Morgan fingerprint density at radius 1 is 1.06 bits per heavy atom. The van der Waals surface area contributed by atoms with Crippen molar-refractivity contribution < 1.29 is 32.3 Å². The van der Waals surface area contributed by atoms with Crippen molar-refractivity contribution >= 4 is 33.6 Å². The number of carbonyl (C=O) groups is 2. The van der Waals surface area contributed by atoms with Gasteiger partial charge in [0.1, 0.15) is 12.6 Å². The van der Waals surface area contributed by atoms with Crippen LogP contribution in [0.15, 0.2) is 53.4 Å². The van der Waals surface area contributed by atoms with E-state index in [2.05, 4.69) is 0 Å². The predicted octanol–water partition coefficient (Wildman–Crippen LogP) is 3.19. The maximum Gasteiger partial charge on any atom is 0.323 e. The van der Waals surface area contributed by atoms with Gasteiger partial charge in [-0.1, -0.05) is 45.9 Å². The molecule has 2 aromatic carbocycles. The van der Waals surface area contributed by atoms with Crippen LogP contribution in [0.4, 0.5) is 0 Å². The minimum Gasteiger partial charge on any atom is -0.468 e. The van der Waals surface area contributed by atoms with E-state index >= 15 is 0 Å². The Kier molecular flexibility index (Phi) is 6.02. The molecule has 32 heavy (non-hydrogen) atoms. The van der Waals surface area contributed by atoms with Crippen LogP contribution in [0.3, 0.4) is 0 Å². The summed E-state index contributed by atoms with van der Waals surface area (Å²) in [5.41, 5.74) is 0.107. The average Bonchev–Trinajstić information content (AvgIpc) is 3.49. The maximum absolute atomic E-state index is 13.4. The van der Waals surface area contributed by atoms with Crippen molar-refractivity contribution in [2.75, 3.05) is 13.7 Å². The van der Waals surface area contributed by atoms with Crippen LogP contribution in [-0.2, 0) is 33.9 Å². The first-order valence-corrected chi connectivity index (χ1v) is 11.8. The van der Waals surface area contributed by atoms with Crippen LogP contribution in [0.1, 0.15) is 30.0 Å². The van der Waals surface area contributed by atoms with Gasteiger partial charge in [-0.2, -0.15) is 0 Å². The zero-order valence-corrected chi connectivity index (χ0v) is 19.1. The molecule has 0 unspecified atom stereocenters. The molecule has 4 rings (SSSR count). The lowest BCUT2D eigenvalue weighted by Crippen LogP contribution is -2.37. The summed E-state index contributed by atoms with van der Waals surface area (Å²) in [6.45, 7) is 1.66. The van der Waals surface area contributed by atoms with Gasteiger partial charge in [0.2, 0.25) is 0 Å². The number of aryl methyl sites for hydroxylation is 1. The molecule has 0 N–H and O–H groups in total. The number of halogens is 1.